The van der Waals surface area contributed by atoms with Gasteiger partial charge in [0.05, 0.1) is 0 Å². The molecule has 2 rings (SSSR count). The summed E-state index contributed by atoms with van der Waals surface area (Å²) in [6.45, 7) is 2.80. The summed E-state index contributed by atoms with van der Waals surface area (Å²) in [4.78, 5) is 0. The average molecular weight is 256 g/mol. The van der Waals surface area contributed by atoms with Crippen LogP contribution in [-0.2, 0) is 0 Å². The molecule has 0 amide bonds. The second kappa shape index (κ2) is 6.25. The highest BCUT2D eigenvalue weighted by Gasteiger charge is 2.08. The van der Waals surface area contributed by atoms with Gasteiger partial charge in [0.15, 0.2) is 0 Å². The molecule has 19 heavy (non-hydrogen) atoms. The number of nitrogens with two attached hydrogens (primary N) is 2. The second-order valence-electron chi connectivity index (χ2n) is 4.58. The van der Waals surface area contributed by atoms with Gasteiger partial charge in [0, 0.05) is 5.69 Å². The molecule has 0 heterocycles. The maximum absolute atomic E-state index is 5.82. The maximum Gasteiger partial charge on any atom is 0.127 e. The fourth-order valence-corrected chi connectivity index (χ4v) is 2.04. The van der Waals surface area contributed by atoms with Crippen LogP contribution >= 0.6 is 0 Å². The lowest BCUT2D eigenvalue weighted by Gasteiger charge is -2.14. The van der Waals surface area contributed by atoms with Crippen molar-refractivity contribution in [2.75, 3.05) is 12.3 Å². The molecule has 3 nitrogen and oxygen atoms in total. The molecule has 0 saturated heterocycles. The molecule has 2 aromatic carbocycles. The minimum atomic E-state index is 0.384. The van der Waals surface area contributed by atoms with Crippen molar-refractivity contribution in [1.82, 2.24) is 0 Å². The molecule has 3 heteroatoms. The third-order valence-electron chi connectivity index (χ3n) is 3.22. The molecule has 0 aliphatic carbocycles. The standard InChI is InChI=1S/C16H20N2O/c1-2-12(11-17)13-4-3-5-16(10-13)19-15-8-6-14(18)7-9-15/h3-10,12H,2,11,17-18H2,1H3. The summed E-state index contributed by atoms with van der Waals surface area (Å²) in [7, 11) is 0. The van der Waals surface area contributed by atoms with Crippen LogP contribution in [0.3, 0.4) is 0 Å². The summed E-state index contributed by atoms with van der Waals surface area (Å²) in [5, 5.41) is 0. The van der Waals surface area contributed by atoms with E-state index in [2.05, 4.69) is 19.1 Å². The number of hydrogen-bond acceptors (Lipinski definition) is 3. The number of nitrogen functional groups attached to an aromatic ring is 1. The highest BCUT2D eigenvalue weighted by atomic mass is 16.5. The third kappa shape index (κ3) is 3.48. The van der Waals surface area contributed by atoms with Crippen LogP contribution in [0.25, 0.3) is 0 Å². The SMILES string of the molecule is CCC(CN)c1cccc(Oc2ccc(N)cc2)c1. The Morgan fingerprint density at radius 1 is 1.05 bits per heavy atom. The summed E-state index contributed by atoms with van der Waals surface area (Å²) in [6, 6.07) is 15.5. The van der Waals surface area contributed by atoms with E-state index in [1.54, 1.807) is 0 Å². The molecule has 0 spiro atoms. The Hall–Kier alpha value is -2.00. The Morgan fingerprint density at radius 3 is 2.42 bits per heavy atom. The topological polar surface area (TPSA) is 61.3 Å². The lowest BCUT2D eigenvalue weighted by molar-refractivity contribution is 0.481. The molecule has 100 valence electrons. The number of rotatable bonds is 5. The highest BCUT2D eigenvalue weighted by Crippen LogP contribution is 2.26. The molecule has 0 fully saturated rings. The molecule has 0 bridgehead atoms. The first-order chi connectivity index (χ1) is 9.22. The molecule has 1 atom stereocenters. The Balaban J connectivity index is 2.17. The summed E-state index contributed by atoms with van der Waals surface area (Å²) >= 11 is 0. The van der Waals surface area contributed by atoms with E-state index in [4.69, 9.17) is 16.2 Å². The first-order valence-electron chi connectivity index (χ1n) is 6.56. The number of anilines is 1. The molecule has 0 aliphatic heterocycles. The predicted octanol–water partition coefficient (Wildman–Crippen LogP) is 3.51. The molecule has 0 radical (unpaired) electrons. The van der Waals surface area contributed by atoms with E-state index in [1.807, 2.05) is 36.4 Å². The molecule has 4 N–H and O–H groups in total. The van der Waals surface area contributed by atoms with Crippen molar-refractivity contribution in [1.29, 1.82) is 0 Å². The van der Waals surface area contributed by atoms with Gasteiger partial charge in [-0.15, -0.1) is 0 Å². The Bertz CT molecular complexity index is 519. The van der Waals surface area contributed by atoms with Crippen LogP contribution in [0.5, 0.6) is 11.5 Å². The molecular weight excluding hydrogens is 236 g/mol. The zero-order valence-corrected chi connectivity index (χ0v) is 11.2. The van der Waals surface area contributed by atoms with Gasteiger partial charge in [0.2, 0.25) is 0 Å². The van der Waals surface area contributed by atoms with Crippen LogP contribution in [-0.4, -0.2) is 6.54 Å². The number of ether oxygens (including phenoxy) is 1. The smallest absolute Gasteiger partial charge is 0.127 e. The molecule has 0 aromatic heterocycles. The van der Waals surface area contributed by atoms with Crippen molar-refractivity contribution in [3.63, 3.8) is 0 Å². The van der Waals surface area contributed by atoms with Gasteiger partial charge in [-0.05, 0) is 60.8 Å². The first kappa shape index (κ1) is 13.4. The molecule has 0 aliphatic rings. The van der Waals surface area contributed by atoms with Crippen molar-refractivity contribution in [2.24, 2.45) is 5.73 Å². The quantitative estimate of drug-likeness (QED) is 0.805. The Morgan fingerprint density at radius 2 is 1.79 bits per heavy atom. The van der Waals surface area contributed by atoms with E-state index < -0.39 is 0 Å². The zero-order valence-electron chi connectivity index (χ0n) is 11.2. The minimum absolute atomic E-state index is 0.384. The Kier molecular flexibility index (Phi) is 4.42. The third-order valence-corrected chi connectivity index (χ3v) is 3.22. The van der Waals surface area contributed by atoms with Crippen LogP contribution < -0.4 is 16.2 Å². The van der Waals surface area contributed by atoms with E-state index >= 15 is 0 Å². The molecule has 0 saturated carbocycles. The van der Waals surface area contributed by atoms with Crippen molar-refractivity contribution in [3.8, 4) is 11.5 Å². The van der Waals surface area contributed by atoms with Gasteiger partial charge in [0.1, 0.15) is 11.5 Å². The predicted molar refractivity (Wildman–Crippen MR) is 79.5 cm³/mol. The lowest BCUT2D eigenvalue weighted by Crippen LogP contribution is -2.11. The largest absolute Gasteiger partial charge is 0.457 e. The van der Waals surface area contributed by atoms with Crippen LogP contribution in [0.1, 0.15) is 24.8 Å². The van der Waals surface area contributed by atoms with E-state index in [9.17, 15) is 0 Å². The summed E-state index contributed by atoms with van der Waals surface area (Å²) in [5.74, 6) is 2.00. The summed E-state index contributed by atoms with van der Waals surface area (Å²) in [6.07, 6.45) is 1.03. The van der Waals surface area contributed by atoms with Gasteiger partial charge in [-0.1, -0.05) is 19.1 Å². The normalized spacial score (nSPS) is 12.1. The summed E-state index contributed by atoms with van der Waals surface area (Å²) in [5.41, 5.74) is 13.4. The van der Waals surface area contributed by atoms with Gasteiger partial charge in [-0.3, -0.25) is 0 Å². The zero-order chi connectivity index (χ0) is 13.7. The minimum Gasteiger partial charge on any atom is -0.457 e. The number of hydrogen-bond donors (Lipinski definition) is 2. The monoisotopic (exact) mass is 256 g/mol. The van der Waals surface area contributed by atoms with Crippen molar-refractivity contribution >= 4 is 5.69 Å². The fraction of sp³-hybridized carbons (Fsp3) is 0.250. The average Bonchev–Trinajstić information content (AvgIpc) is 2.43. The number of benzene rings is 2. The second-order valence-corrected chi connectivity index (χ2v) is 4.58. The van der Waals surface area contributed by atoms with Crippen LogP contribution in [0, 0.1) is 0 Å². The fourth-order valence-electron chi connectivity index (χ4n) is 2.04. The van der Waals surface area contributed by atoms with Gasteiger partial charge in [-0.2, -0.15) is 0 Å². The maximum atomic E-state index is 5.82. The van der Waals surface area contributed by atoms with Gasteiger partial charge >= 0.3 is 0 Å². The Labute approximate surface area is 114 Å². The van der Waals surface area contributed by atoms with Crippen LogP contribution in [0.2, 0.25) is 0 Å². The van der Waals surface area contributed by atoms with E-state index in [-0.39, 0.29) is 0 Å². The van der Waals surface area contributed by atoms with Crippen molar-refractivity contribution in [3.05, 3.63) is 54.1 Å². The molecular formula is C16H20N2O. The van der Waals surface area contributed by atoms with Crippen LogP contribution in [0.15, 0.2) is 48.5 Å². The van der Waals surface area contributed by atoms with E-state index in [0.717, 1.165) is 23.6 Å². The van der Waals surface area contributed by atoms with Gasteiger partial charge in [-0.25, -0.2) is 0 Å². The van der Waals surface area contributed by atoms with Crippen molar-refractivity contribution in [2.45, 2.75) is 19.3 Å². The molecule has 1 unspecified atom stereocenters. The van der Waals surface area contributed by atoms with Gasteiger partial charge in [0.25, 0.3) is 0 Å². The van der Waals surface area contributed by atoms with E-state index in [0.29, 0.717) is 12.5 Å². The van der Waals surface area contributed by atoms with Crippen LogP contribution in [0.4, 0.5) is 5.69 Å². The summed E-state index contributed by atoms with van der Waals surface area (Å²) < 4.78 is 5.82. The highest BCUT2D eigenvalue weighted by molar-refractivity contribution is 5.43. The van der Waals surface area contributed by atoms with Crippen molar-refractivity contribution < 1.29 is 4.74 Å². The van der Waals surface area contributed by atoms with Gasteiger partial charge < -0.3 is 16.2 Å². The van der Waals surface area contributed by atoms with E-state index in [1.165, 1.54) is 5.56 Å². The lowest BCUT2D eigenvalue weighted by atomic mass is 9.97. The molecule has 2 aromatic rings. The first-order valence-corrected chi connectivity index (χ1v) is 6.56.